The second-order valence-electron chi connectivity index (χ2n) is 10.9. The number of benzene rings is 2. The average Bonchev–Trinajstić information content (AvgIpc) is 3.25. The molecule has 1 aliphatic rings. The fourth-order valence-electron chi connectivity index (χ4n) is 5.43. The fourth-order valence-corrected chi connectivity index (χ4v) is 5.43. The van der Waals surface area contributed by atoms with Crippen molar-refractivity contribution in [2.75, 3.05) is 24.5 Å². The Bertz CT molecular complexity index is 1030. The highest BCUT2D eigenvalue weighted by molar-refractivity contribution is 5.96. The van der Waals surface area contributed by atoms with E-state index in [4.69, 9.17) is 0 Å². The van der Waals surface area contributed by atoms with Crippen molar-refractivity contribution in [3.05, 3.63) is 57.6 Å². The molecular weight excluding hydrogens is 436 g/mol. The maximum absolute atomic E-state index is 12.7. The Hall–Kier alpha value is -2.53. The summed E-state index contributed by atoms with van der Waals surface area (Å²) >= 11 is 0. The summed E-state index contributed by atoms with van der Waals surface area (Å²) in [6.07, 6.45) is 8.18. The first-order valence-corrected chi connectivity index (χ1v) is 13.3. The van der Waals surface area contributed by atoms with Gasteiger partial charge in [0.25, 0.3) is 5.91 Å². The van der Waals surface area contributed by atoms with Crippen LogP contribution in [0.2, 0.25) is 0 Å². The normalized spacial score (nSPS) is 13.3. The molecule has 0 saturated heterocycles. The number of phenolic OH excluding ortho intramolecular Hbond substituents is 1. The molecule has 2 aromatic rings. The molecule has 2 aromatic carbocycles. The standard InChI is InChI=1S/C30H44N2O3/c1-6-7-8-9-12-16-32-17-15-23-21(2)26(19-33)22(3)25(28(23)32)18-30(4,5)20-31-29(35)24-13-10-11-14-27(24)34/h10-11,13-14,33-34H,6-9,12,15-20H2,1-5H3,(H,31,35). The highest BCUT2D eigenvalue weighted by Crippen LogP contribution is 2.41. The van der Waals surface area contributed by atoms with Crippen LogP contribution in [0.15, 0.2) is 24.3 Å². The number of carbonyl (C=O) groups excluding carboxylic acids is 1. The van der Waals surface area contributed by atoms with Crippen LogP contribution in [0.3, 0.4) is 0 Å². The number of aliphatic hydroxyl groups excluding tert-OH is 1. The molecule has 35 heavy (non-hydrogen) atoms. The highest BCUT2D eigenvalue weighted by atomic mass is 16.3. The van der Waals surface area contributed by atoms with Gasteiger partial charge in [-0.05, 0) is 78.5 Å². The molecule has 1 aliphatic heterocycles. The maximum atomic E-state index is 12.7. The van der Waals surface area contributed by atoms with E-state index in [1.54, 1.807) is 18.2 Å². The Morgan fingerprint density at radius 1 is 1.06 bits per heavy atom. The van der Waals surface area contributed by atoms with Gasteiger partial charge >= 0.3 is 0 Å². The van der Waals surface area contributed by atoms with E-state index in [0.717, 1.165) is 31.5 Å². The number of hydrogen-bond donors (Lipinski definition) is 3. The molecule has 1 heterocycles. The molecule has 0 bridgehead atoms. The zero-order valence-electron chi connectivity index (χ0n) is 22.3. The lowest BCUT2D eigenvalue weighted by Crippen LogP contribution is -2.36. The summed E-state index contributed by atoms with van der Waals surface area (Å²) in [7, 11) is 0. The number of fused-ring (bicyclic) bond motifs is 1. The number of nitrogens with zero attached hydrogens (tertiary/aromatic N) is 1. The molecule has 0 radical (unpaired) electrons. The number of nitrogens with one attached hydrogen (secondary N) is 1. The number of anilines is 1. The summed E-state index contributed by atoms with van der Waals surface area (Å²) in [5.41, 5.74) is 7.64. The Morgan fingerprint density at radius 3 is 2.46 bits per heavy atom. The Kier molecular flexibility index (Phi) is 9.23. The second kappa shape index (κ2) is 11.9. The zero-order valence-corrected chi connectivity index (χ0v) is 22.3. The number of aromatic hydroxyl groups is 1. The van der Waals surface area contributed by atoms with Crippen LogP contribution in [0.1, 0.15) is 91.1 Å². The lowest BCUT2D eigenvalue weighted by molar-refractivity contribution is 0.0933. The summed E-state index contributed by atoms with van der Waals surface area (Å²) in [4.78, 5) is 15.3. The second-order valence-corrected chi connectivity index (χ2v) is 10.9. The number of unbranched alkanes of at least 4 members (excludes halogenated alkanes) is 4. The van der Waals surface area contributed by atoms with Crippen LogP contribution in [0, 0.1) is 19.3 Å². The van der Waals surface area contributed by atoms with Crippen molar-refractivity contribution >= 4 is 11.6 Å². The third-order valence-electron chi connectivity index (χ3n) is 7.55. The van der Waals surface area contributed by atoms with Gasteiger partial charge < -0.3 is 20.4 Å². The van der Waals surface area contributed by atoms with Gasteiger partial charge in [-0.2, -0.15) is 0 Å². The van der Waals surface area contributed by atoms with E-state index in [9.17, 15) is 15.0 Å². The number of aliphatic hydroxyl groups is 1. The van der Waals surface area contributed by atoms with Crippen LogP contribution in [0.4, 0.5) is 5.69 Å². The third-order valence-corrected chi connectivity index (χ3v) is 7.55. The summed E-state index contributed by atoms with van der Waals surface area (Å²) < 4.78 is 0. The minimum atomic E-state index is -0.258. The molecule has 0 aromatic heterocycles. The van der Waals surface area contributed by atoms with E-state index in [0.29, 0.717) is 12.1 Å². The minimum Gasteiger partial charge on any atom is -0.507 e. The fraction of sp³-hybridized carbons (Fsp3) is 0.567. The Morgan fingerprint density at radius 2 is 1.77 bits per heavy atom. The number of amides is 1. The minimum absolute atomic E-state index is 0.00262. The van der Waals surface area contributed by atoms with E-state index >= 15 is 0 Å². The number of hydrogen-bond acceptors (Lipinski definition) is 4. The molecule has 3 rings (SSSR count). The monoisotopic (exact) mass is 480 g/mol. The summed E-state index contributed by atoms with van der Waals surface area (Å²) in [6.45, 7) is 13.6. The van der Waals surface area contributed by atoms with Crippen LogP contribution >= 0.6 is 0 Å². The van der Waals surface area contributed by atoms with Crippen molar-refractivity contribution in [1.29, 1.82) is 0 Å². The largest absolute Gasteiger partial charge is 0.507 e. The number of rotatable bonds is 12. The lowest BCUT2D eigenvalue weighted by atomic mass is 9.80. The molecule has 192 valence electrons. The number of para-hydroxylation sites is 1. The van der Waals surface area contributed by atoms with Crippen molar-refractivity contribution in [2.24, 2.45) is 5.41 Å². The first kappa shape index (κ1) is 27.1. The van der Waals surface area contributed by atoms with Gasteiger partial charge in [-0.15, -0.1) is 0 Å². The van der Waals surface area contributed by atoms with Crippen LogP contribution < -0.4 is 10.2 Å². The van der Waals surface area contributed by atoms with Gasteiger partial charge in [0.2, 0.25) is 0 Å². The Balaban J connectivity index is 1.81. The lowest BCUT2D eigenvalue weighted by Gasteiger charge is -2.31. The molecule has 0 fully saturated rings. The molecule has 3 N–H and O–H groups in total. The molecule has 0 saturated carbocycles. The molecule has 5 nitrogen and oxygen atoms in total. The van der Waals surface area contributed by atoms with Gasteiger partial charge in [0.1, 0.15) is 5.75 Å². The van der Waals surface area contributed by atoms with Gasteiger partial charge in [-0.1, -0.05) is 58.6 Å². The van der Waals surface area contributed by atoms with Crippen molar-refractivity contribution in [3.8, 4) is 5.75 Å². The van der Waals surface area contributed by atoms with Crippen LogP contribution in [-0.4, -0.2) is 35.8 Å². The predicted octanol–water partition coefficient (Wildman–Crippen LogP) is 5.83. The van der Waals surface area contributed by atoms with Gasteiger partial charge in [0.05, 0.1) is 12.2 Å². The summed E-state index contributed by atoms with van der Waals surface area (Å²) in [5.74, 6) is -0.260. The molecule has 1 amide bonds. The van der Waals surface area contributed by atoms with E-state index in [1.807, 2.05) is 0 Å². The zero-order chi connectivity index (χ0) is 25.6. The van der Waals surface area contributed by atoms with E-state index in [1.165, 1.54) is 66.1 Å². The van der Waals surface area contributed by atoms with Gasteiger partial charge in [0.15, 0.2) is 0 Å². The predicted molar refractivity (Wildman–Crippen MR) is 144 cm³/mol. The van der Waals surface area contributed by atoms with Crippen LogP contribution in [0.5, 0.6) is 5.75 Å². The van der Waals surface area contributed by atoms with Crippen molar-refractivity contribution < 1.29 is 15.0 Å². The number of phenols is 1. The molecule has 0 atom stereocenters. The smallest absolute Gasteiger partial charge is 0.255 e. The number of carbonyl (C=O) groups is 1. The van der Waals surface area contributed by atoms with Gasteiger partial charge in [-0.25, -0.2) is 0 Å². The van der Waals surface area contributed by atoms with Crippen LogP contribution in [0.25, 0.3) is 0 Å². The molecule has 0 unspecified atom stereocenters. The topological polar surface area (TPSA) is 72.8 Å². The van der Waals surface area contributed by atoms with Gasteiger partial charge in [0, 0.05) is 25.3 Å². The van der Waals surface area contributed by atoms with Gasteiger partial charge in [-0.3, -0.25) is 4.79 Å². The van der Waals surface area contributed by atoms with Crippen LogP contribution in [-0.2, 0) is 19.4 Å². The van der Waals surface area contributed by atoms with Crippen molar-refractivity contribution in [1.82, 2.24) is 5.32 Å². The third kappa shape index (κ3) is 6.38. The first-order chi connectivity index (χ1) is 16.7. The molecule has 5 heteroatoms. The van der Waals surface area contributed by atoms with Crippen molar-refractivity contribution in [2.45, 2.75) is 86.2 Å². The molecule has 0 spiro atoms. The van der Waals surface area contributed by atoms with E-state index in [-0.39, 0.29) is 23.7 Å². The van der Waals surface area contributed by atoms with E-state index in [2.05, 4.69) is 44.8 Å². The highest BCUT2D eigenvalue weighted by Gasteiger charge is 2.31. The average molecular weight is 481 g/mol. The summed E-state index contributed by atoms with van der Waals surface area (Å²) in [5, 5.41) is 23.2. The Labute approximate surface area is 211 Å². The molecular formula is C30H44N2O3. The molecule has 0 aliphatic carbocycles. The maximum Gasteiger partial charge on any atom is 0.255 e. The van der Waals surface area contributed by atoms with E-state index < -0.39 is 0 Å². The summed E-state index contributed by atoms with van der Waals surface area (Å²) in [6, 6.07) is 6.64. The quantitative estimate of drug-likeness (QED) is 0.334. The van der Waals surface area contributed by atoms with Crippen molar-refractivity contribution in [3.63, 3.8) is 0 Å². The first-order valence-electron chi connectivity index (χ1n) is 13.3. The SMILES string of the molecule is CCCCCCCN1CCc2c(C)c(CO)c(C)c(CC(C)(C)CNC(=O)c3ccccc3O)c21.